The molecule has 4 aromatic heterocycles. The molecule has 7 nitrogen and oxygen atoms in total. The first kappa shape index (κ1) is 15.5. The van der Waals surface area contributed by atoms with Gasteiger partial charge in [0.1, 0.15) is 11.6 Å². The van der Waals surface area contributed by atoms with Gasteiger partial charge in [-0.3, -0.25) is 4.57 Å². The lowest BCUT2D eigenvalue weighted by Crippen LogP contribution is -2.05. The molecule has 1 aliphatic rings. The van der Waals surface area contributed by atoms with E-state index in [2.05, 4.69) is 19.9 Å². The van der Waals surface area contributed by atoms with Crippen molar-refractivity contribution < 1.29 is 13.4 Å². The average molecular weight is 368 g/mol. The van der Waals surface area contributed by atoms with E-state index in [9.17, 15) is 0 Å². The Kier molecular flexibility index (Phi) is 3.89. The van der Waals surface area contributed by atoms with E-state index in [4.69, 9.17) is 13.4 Å². The van der Waals surface area contributed by atoms with Crippen LogP contribution in [0.15, 0.2) is 61.4 Å². The third-order valence-corrected chi connectivity index (χ3v) is 5.25. The van der Waals surface area contributed by atoms with Gasteiger partial charge >= 0.3 is 0 Å². The lowest BCUT2D eigenvalue weighted by molar-refractivity contribution is 0.413. The largest absolute Gasteiger partial charge is 0.467 e. The number of hydrogen-bond acceptors (Lipinski definition) is 7. The summed E-state index contributed by atoms with van der Waals surface area (Å²) in [6.45, 7) is 0.643. The van der Waals surface area contributed by atoms with Crippen molar-refractivity contribution >= 4 is 11.8 Å². The first-order chi connectivity index (χ1) is 12.9. The summed E-state index contributed by atoms with van der Waals surface area (Å²) in [5, 5.41) is 13.8. The summed E-state index contributed by atoms with van der Waals surface area (Å²) in [5.41, 5.74) is 0.835. The zero-order valence-corrected chi connectivity index (χ0v) is 14.7. The number of thioether (sulfide) groups is 1. The molecule has 0 aromatic carbocycles. The molecule has 0 spiro atoms. The van der Waals surface area contributed by atoms with Crippen molar-refractivity contribution in [1.29, 1.82) is 0 Å². The first-order valence-corrected chi connectivity index (χ1v) is 9.43. The second-order valence-corrected chi connectivity index (χ2v) is 7.17. The number of aromatic nitrogens is 4. The van der Waals surface area contributed by atoms with Gasteiger partial charge in [-0.1, -0.05) is 16.9 Å². The minimum Gasteiger partial charge on any atom is -0.467 e. The molecule has 0 saturated heterocycles. The molecular formula is C18H16N4O3S. The van der Waals surface area contributed by atoms with Crippen molar-refractivity contribution in [3.05, 3.63) is 60.1 Å². The Morgan fingerprint density at radius 1 is 1.08 bits per heavy atom. The van der Waals surface area contributed by atoms with Gasteiger partial charge in [-0.2, -0.15) is 0 Å². The van der Waals surface area contributed by atoms with Gasteiger partial charge in [-0.25, -0.2) is 0 Å². The molecule has 5 rings (SSSR count). The highest BCUT2D eigenvalue weighted by atomic mass is 32.2. The van der Waals surface area contributed by atoms with Crippen LogP contribution in [0, 0.1) is 0 Å². The topological polar surface area (TPSA) is 83.0 Å². The van der Waals surface area contributed by atoms with Gasteiger partial charge < -0.3 is 13.4 Å². The Balaban J connectivity index is 1.34. The second kappa shape index (κ2) is 6.53. The quantitative estimate of drug-likeness (QED) is 0.449. The van der Waals surface area contributed by atoms with E-state index in [0.717, 1.165) is 22.4 Å². The maximum Gasteiger partial charge on any atom is 0.202 e. The average Bonchev–Trinajstić information content (AvgIpc) is 3.17. The standard InChI is InChI=1S/C18H16N4O3S/c1-3-14(23-7-1)10-22-17(12-5-6-12)19-20-18(22)26-11-13-9-16(25-21-13)15-4-2-8-24-15/h1-4,7-9,12H,5-6,10-11H2. The van der Waals surface area contributed by atoms with E-state index < -0.39 is 0 Å². The van der Waals surface area contributed by atoms with Crippen LogP contribution < -0.4 is 0 Å². The molecule has 1 saturated carbocycles. The van der Waals surface area contributed by atoms with Gasteiger partial charge in [-0.15, -0.1) is 10.2 Å². The Labute approximate surface area is 153 Å². The number of furan rings is 2. The third-order valence-electron chi connectivity index (χ3n) is 4.25. The van der Waals surface area contributed by atoms with Crippen LogP contribution in [0.25, 0.3) is 11.5 Å². The summed E-state index contributed by atoms with van der Waals surface area (Å²) >= 11 is 1.59. The number of hydrogen-bond donors (Lipinski definition) is 0. The molecular weight excluding hydrogens is 352 g/mol. The van der Waals surface area contributed by atoms with Crippen molar-refractivity contribution in [2.45, 2.75) is 36.2 Å². The highest BCUT2D eigenvalue weighted by Crippen LogP contribution is 2.40. The van der Waals surface area contributed by atoms with E-state index in [-0.39, 0.29) is 0 Å². The predicted octanol–water partition coefficient (Wildman–Crippen LogP) is 4.34. The van der Waals surface area contributed by atoms with Crippen molar-refractivity contribution in [2.75, 3.05) is 0 Å². The molecule has 0 unspecified atom stereocenters. The van der Waals surface area contributed by atoms with Crippen molar-refractivity contribution in [3.63, 3.8) is 0 Å². The fourth-order valence-electron chi connectivity index (χ4n) is 2.81. The molecule has 26 heavy (non-hydrogen) atoms. The molecule has 132 valence electrons. The Hall–Kier alpha value is -2.74. The molecule has 0 aliphatic heterocycles. The molecule has 4 heterocycles. The zero-order valence-electron chi connectivity index (χ0n) is 13.9. The maximum absolute atomic E-state index is 5.50. The van der Waals surface area contributed by atoms with E-state index in [1.54, 1.807) is 24.3 Å². The van der Waals surface area contributed by atoms with E-state index in [0.29, 0.717) is 29.7 Å². The van der Waals surface area contributed by atoms with Gasteiger partial charge in [0.15, 0.2) is 10.9 Å². The summed E-state index contributed by atoms with van der Waals surface area (Å²) < 4.78 is 18.3. The molecule has 4 aromatic rings. The van der Waals surface area contributed by atoms with Crippen LogP contribution in [0.3, 0.4) is 0 Å². The lowest BCUT2D eigenvalue weighted by atomic mass is 10.3. The molecule has 8 heteroatoms. The molecule has 0 bridgehead atoms. The number of rotatable bonds is 7. The Morgan fingerprint density at radius 3 is 2.73 bits per heavy atom. The van der Waals surface area contributed by atoms with E-state index in [1.165, 1.54) is 12.8 Å². The van der Waals surface area contributed by atoms with Gasteiger partial charge in [0, 0.05) is 17.7 Å². The normalized spacial score (nSPS) is 14.2. The van der Waals surface area contributed by atoms with Gasteiger partial charge in [0.05, 0.1) is 24.8 Å². The van der Waals surface area contributed by atoms with Gasteiger partial charge in [0.2, 0.25) is 5.76 Å². The summed E-state index contributed by atoms with van der Waals surface area (Å²) in [7, 11) is 0. The SMILES string of the molecule is c1coc(Cn2c(SCc3cc(-c4ccco4)on3)nnc2C2CC2)c1. The van der Waals surface area contributed by atoms with Crippen LogP contribution >= 0.6 is 11.8 Å². The van der Waals surface area contributed by atoms with E-state index >= 15 is 0 Å². The zero-order chi connectivity index (χ0) is 17.3. The first-order valence-electron chi connectivity index (χ1n) is 8.44. The Bertz CT molecular complexity index is 984. The molecule has 1 aliphatic carbocycles. The van der Waals surface area contributed by atoms with Crippen LogP contribution in [-0.2, 0) is 12.3 Å². The molecule has 1 fully saturated rings. The summed E-state index contributed by atoms with van der Waals surface area (Å²) in [5.74, 6) is 4.40. The summed E-state index contributed by atoms with van der Waals surface area (Å²) in [6, 6.07) is 9.43. The number of nitrogens with zero attached hydrogens (tertiary/aromatic N) is 4. The summed E-state index contributed by atoms with van der Waals surface area (Å²) in [6.07, 6.45) is 5.66. The van der Waals surface area contributed by atoms with Gasteiger partial charge in [0.25, 0.3) is 0 Å². The van der Waals surface area contributed by atoms with Crippen LogP contribution in [-0.4, -0.2) is 19.9 Å². The minimum atomic E-state index is 0.518. The van der Waals surface area contributed by atoms with Crippen molar-refractivity contribution in [1.82, 2.24) is 19.9 Å². The molecule has 0 amide bonds. The fourth-order valence-corrected chi connectivity index (χ4v) is 3.64. The maximum atomic E-state index is 5.50. The molecule has 0 atom stereocenters. The smallest absolute Gasteiger partial charge is 0.202 e. The molecule has 0 N–H and O–H groups in total. The molecule has 0 radical (unpaired) electrons. The van der Waals surface area contributed by atoms with Crippen LogP contribution in [0.4, 0.5) is 0 Å². The monoisotopic (exact) mass is 368 g/mol. The fraction of sp³-hybridized carbons (Fsp3) is 0.278. The predicted molar refractivity (Wildman–Crippen MR) is 93.6 cm³/mol. The van der Waals surface area contributed by atoms with Gasteiger partial charge in [-0.05, 0) is 37.1 Å². The third kappa shape index (κ3) is 3.08. The highest BCUT2D eigenvalue weighted by Gasteiger charge is 2.30. The highest BCUT2D eigenvalue weighted by molar-refractivity contribution is 7.98. The van der Waals surface area contributed by atoms with Crippen molar-refractivity contribution in [2.24, 2.45) is 0 Å². The lowest BCUT2D eigenvalue weighted by Gasteiger charge is -2.07. The van der Waals surface area contributed by atoms with Crippen LogP contribution in [0.1, 0.15) is 36.0 Å². The summed E-state index contributed by atoms with van der Waals surface area (Å²) in [4.78, 5) is 0. The Morgan fingerprint density at radius 2 is 1.96 bits per heavy atom. The van der Waals surface area contributed by atoms with Crippen LogP contribution in [0.2, 0.25) is 0 Å². The van der Waals surface area contributed by atoms with Crippen LogP contribution in [0.5, 0.6) is 0 Å². The second-order valence-electron chi connectivity index (χ2n) is 6.23. The van der Waals surface area contributed by atoms with Crippen molar-refractivity contribution in [3.8, 4) is 11.5 Å². The van der Waals surface area contributed by atoms with E-state index in [1.807, 2.05) is 30.3 Å². The minimum absolute atomic E-state index is 0.518.